The minimum absolute atomic E-state index is 0. The van der Waals surface area contributed by atoms with Gasteiger partial charge in [0.1, 0.15) is 12.1 Å². The molecule has 6 aromatic carbocycles. The third-order valence-corrected chi connectivity index (χ3v) is 10.3. The fourth-order valence-corrected chi connectivity index (χ4v) is 7.58. The maximum absolute atomic E-state index is 6.81. The van der Waals surface area contributed by atoms with E-state index in [4.69, 9.17) is 19.5 Å². The molecule has 0 saturated heterocycles. The maximum Gasteiger partial charge on any atom is 2.00 e. The first kappa shape index (κ1) is 40.5. The number of nitrogens with zero attached hydrogens (tertiary/aromatic N) is 2. The zero-order valence-corrected chi connectivity index (χ0v) is 33.2. The first-order chi connectivity index (χ1) is 24.9. The molecule has 2 aliphatic heterocycles. The molecule has 2 unspecified atom stereocenters. The van der Waals surface area contributed by atoms with Crippen LogP contribution in [0.25, 0.3) is 22.3 Å². The van der Waals surface area contributed by atoms with E-state index in [0.717, 1.165) is 22.3 Å². The molecule has 4 atom stereocenters. The van der Waals surface area contributed by atoms with Gasteiger partial charge in [0.2, 0.25) is 0 Å². The van der Waals surface area contributed by atoms with Crippen molar-refractivity contribution < 1.29 is 50.8 Å². The van der Waals surface area contributed by atoms with Crippen molar-refractivity contribution in [2.45, 2.75) is 58.4 Å². The number of aliphatic imine (C=N–C) groups is 2. The second-order valence-electron chi connectivity index (χ2n) is 13.8. The zero-order valence-electron chi connectivity index (χ0n) is 30.7. The minimum atomic E-state index is -0.260. The van der Waals surface area contributed by atoms with Gasteiger partial charge in [0, 0.05) is 0 Å². The molecule has 7 heteroatoms. The van der Waals surface area contributed by atoms with E-state index in [1.165, 1.54) is 44.5 Å². The summed E-state index contributed by atoms with van der Waals surface area (Å²) in [6, 6.07) is 51.0. The van der Waals surface area contributed by atoms with Crippen LogP contribution in [0.15, 0.2) is 156 Å². The van der Waals surface area contributed by atoms with Crippen LogP contribution in [0.2, 0.25) is 0 Å². The molecule has 6 aromatic rings. The second kappa shape index (κ2) is 17.6. The summed E-state index contributed by atoms with van der Waals surface area (Å²) in [6.07, 6.45) is -0.139. The summed E-state index contributed by atoms with van der Waals surface area (Å²) in [5, 5.41) is 0. The average Bonchev–Trinajstić information content (AvgIpc) is 3.77. The molecule has 0 saturated carbocycles. The summed E-state index contributed by atoms with van der Waals surface area (Å²) in [4.78, 5) is 10.6. The van der Waals surface area contributed by atoms with E-state index in [1.807, 2.05) is 0 Å². The number of aryl methyl sites for hydroxylation is 4. The zero-order chi connectivity index (χ0) is 34.9. The molecule has 0 aromatic heterocycles. The fraction of sp³-hybridized carbons (Fsp3) is 0.191. The molecule has 0 aliphatic carbocycles. The minimum Gasteiger partial charge on any atom is -1.00 e. The van der Waals surface area contributed by atoms with Gasteiger partial charge >= 0.3 is 16.5 Å². The average molecular weight is 796 g/mol. The summed E-state index contributed by atoms with van der Waals surface area (Å²) in [7, 11) is 0. The van der Waals surface area contributed by atoms with E-state index >= 15 is 0 Å². The van der Waals surface area contributed by atoms with Crippen molar-refractivity contribution in [2.75, 3.05) is 0 Å². The molecule has 276 valence electrons. The molecule has 2 heterocycles. The van der Waals surface area contributed by atoms with Crippen molar-refractivity contribution >= 4 is 11.8 Å². The van der Waals surface area contributed by atoms with Crippen molar-refractivity contribution in [1.29, 1.82) is 0 Å². The van der Waals surface area contributed by atoms with Crippen LogP contribution in [0.4, 0.5) is 0 Å². The topological polar surface area (TPSA) is 43.2 Å². The van der Waals surface area contributed by atoms with E-state index < -0.39 is 0 Å². The number of halogens is 2. The monoisotopic (exact) mass is 794 g/mol. The molecule has 54 heavy (non-hydrogen) atoms. The van der Waals surface area contributed by atoms with Crippen LogP contribution in [-0.2, 0) is 26.0 Å². The predicted octanol–water partition coefficient (Wildman–Crippen LogP) is 5.77. The Kier molecular flexibility index (Phi) is 13.2. The Morgan fingerprint density at radius 3 is 1.20 bits per heavy atom. The summed E-state index contributed by atoms with van der Waals surface area (Å²) < 4.78 is 13.6. The second-order valence-corrected chi connectivity index (χ2v) is 13.8. The number of hydrogen-bond acceptors (Lipinski definition) is 4. The van der Waals surface area contributed by atoms with Crippen LogP contribution >= 0.6 is 0 Å². The van der Waals surface area contributed by atoms with Crippen LogP contribution in [0.1, 0.15) is 75.2 Å². The van der Waals surface area contributed by atoms with Gasteiger partial charge in [-0.05, 0) is 107 Å². The van der Waals surface area contributed by atoms with Gasteiger partial charge in [-0.3, -0.25) is 0 Å². The van der Waals surface area contributed by atoms with Crippen LogP contribution in [0, 0.1) is 27.7 Å². The van der Waals surface area contributed by atoms with Gasteiger partial charge in [0.05, 0.1) is 6.42 Å². The molecule has 0 spiro atoms. The summed E-state index contributed by atoms with van der Waals surface area (Å²) in [5.74, 6) is 1.29. The Labute approximate surface area is 341 Å². The molecule has 8 rings (SSSR count). The number of benzene rings is 6. The molecule has 0 radical (unpaired) electrons. The van der Waals surface area contributed by atoms with Gasteiger partial charge in [0.15, 0.2) is 24.0 Å². The van der Waals surface area contributed by atoms with Crippen molar-refractivity contribution in [3.05, 3.63) is 190 Å². The Hall–Kier alpha value is -4.67. The van der Waals surface area contributed by atoms with Crippen molar-refractivity contribution in [1.82, 2.24) is 0 Å². The molecule has 0 amide bonds. The van der Waals surface area contributed by atoms with E-state index in [9.17, 15) is 0 Å². The number of rotatable bonds is 8. The maximum atomic E-state index is 6.81. The van der Waals surface area contributed by atoms with E-state index in [0.29, 0.717) is 18.2 Å². The smallest absolute Gasteiger partial charge is 1.00 e. The van der Waals surface area contributed by atoms with Gasteiger partial charge < -0.3 is 34.3 Å². The van der Waals surface area contributed by atoms with Gasteiger partial charge in [-0.1, -0.05) is 133 Å². The van der Waals surface area contributed by atoms with Crippen molar-refractivity contribution in [2.24, 2.45) is 9.98 Å². The molecule has 2 aliphatic rings. The van der Waals surface area contributed by atoms with Crippen LogP contribution in [0.3, 0.4) is 0 Å². The predicted molar refractivity (Wildman–Crippen MR) is 208 cm³/mol. The quantitative estimate of drug-likeness (QED) is 0.184. The standard InChI is InChI=1S/C47H42N2O2.2ClH.Ni/c1-30-15-5-9-23-38(30)34-19-13-21-36(27-34)44-46(40-25-11-7-17-32(40)3)50-42(48-44)29-43-49-45(47(51-43)41-26-12-8-18-33(41)4)37-22-14-20-35(28-37)39-24-10-6-16-31(39)2;;;/h5-28,44-47H,29H2,1-4H3;2*1H;/q;;;+2/p-2/t44-,45-,46?,47?;;;/m1.../s1. The molecule has 4 nitrogen and oxygen atoms in total. The molecule has 0 bridgehead atoms. The summed E-state index contributed by atoms with van der Waals surface area (Å²) >= 11 is 0. The van der Waals surface area contributed by atoms with Crippen LogP contribution < -0.4 is 24.8 Å². The Bertz CT molecular complexity index is 2140. The largest absolute Gasteiger partial charge is 2.00 e. The van der Waals surface area contributed by atoms with Crippen molar-refractivity contribution in [3.63, 3.8) is 0 Å². The normalized spacial score (nSPS) is 18.5. The molecular weight excluding hydrogens is 754 g/mol. The summed E-state index contributed by atoms with van der Waals surface area (Å²) in [6.45, 7) is 8.60. The van der Waals surface area contributed by atoms with Gasteiger partial charge in [0.25, 0.3) is 0 Å². The molecular formula is C47H42Cl2N2NiO2. The molecule has 0 N–H and O–H groups in total. The first-order valence-corrected chi connectivity index (χ1v) is 17.8. The molecule has 0 fully saturated rings. The van der Waals surface area contributed by atoms with E-state index in [-0.39, 0.29) is 65.6 Å². The number of ether oxygens (including phenoxy) is 2. The van der Waals surface area contributed by atoms with Gasteiger partial charge in [-0.2, -0.15) is 0 Å². The van der Waals surface area contributed by atoms with Gasteiger partial charge in [-0.15, -0.1) is 0 Å². The first-order valence-electron chi connectivity index (χ1n) is 17.8. The third-order valence-electron chi connectivity index (χ3n) is 10.3. The third kappa shape index (κ3) is 8.20. The Balaban J connectivity index is 0.00000187. The number of hydrogen-bond donors (Lipinski definition) is 0. The van der Waals surface area contributed by atoms with Crippen LogP contribution in [0.5, 0.6) is 0 Å². The Morgan fingerprint density at radius 2 is 0.815 bits per heavy atom. The van der Waals surface area contributed by atoms with Crippen LogP contribution in [-0.4, -0.2) is 11.8 Å². The van der Waals surface area contributed by atoms with E-state index in [2.05, 4.69) is 173 Å². The van der Waals surface area contributed by atoms with E-state index in [1.54, 1.807) is 0 Å². The fourth-order valence-electron chi connectivity index (χ4n) is 7.58. The summed E-state index contributed by atoms with van der Waals surface area (Å²) in [5.41, 5.74) is 14.2. The van der Waals surface area contributed by atoms with Gasteiger partial charge in [-0.25, -0.2) is 9.98 Å². The van der Waals surface area contributed by atoms with Crippen molar-refractivity contribution in [3.8, 4) is 22.3 Å². The SMILES string of the molecule is Cc1ccccc1-c1cccc([C@H]2N=C(CC3=N[C@H](c4cccc(-c5ccccc5C)c4)C(c4ccccc4C)O3)OC2c2ccccc2C)c1.[Cl-].[Cl-].[Ni+2]. The Morgan fingerprint density at radius 1 is 0.444 bits per heavy atom.